The summed E-state index contributed by atoms with van der Waals surface area (Å²) in [4.78, 5) is 16.2. The second kappa shape index (κ2) is 10.9. The number of ether oxygens (including phenoxy) is 1. The molecular weight excluding hydrogens is 361 g/mol. The minimum atomic E-state index is -0.515. The summed E-state index contributed by atoms with van der Waals surface area (Å²) in [5.74, 6) is 1.36. The molecule has 0 fully saturated rings. The largest absolute Gasteiger partial charge is 0.439 e. The number of aromatic nitrogens is 1. The van der Waals surface area contributed by atoms with Crippen LogP contribution in [0.4, 0.5) is 5.69 Å². The maximum Gasteiger partial charge on any atom is 0.241 e. The van der Waals surface area contributed by atoms with Crippen molar-refractivity contribution in [3.8, 4) is 11.6 Å². The van der Waals surface area contributed by atoms with Crippen LogP contribution in [0.2, 0.25) is 0 Å². The van der Waals surface area contributed by atoms with Crippen molar-refractivity contribution in [2.24, 2.45) is 11.7 Å². The molecule has 1 aromatic carbocycles. The van der Waals surface area contributed by atoms with E-state index in [1.54, 1.807) is 18.3 Å². The number of nitrogens with two attached hydrogens (primary N) is 1. The van der Waals surface area contributed by atoms with Gasteiger partial charge in [-0.1, -0.05) is 31.5 Å². The molecule has 5 nitrogen and oxygen atoms in total. The Morgan fingerprint density at radius 1 is 1.16 bits per heavy atom. The summed E-state index contributed by atoms with van der Waals surface area (Å²) in [6.07, 6.45) is 2.21. The summed E-state index contributed by atoms with van der Waals surface area (Å²) >= 11 is 0. The molecule has 0 bridgehead atoms. The molecule has 1 aromatic heterocycles. The van der Waals surface area contributed by atoms with E-state index in [-0.39, 0.29) is 30.7 Å². The molecule has 0 aliphatic carbocycles. The molecule has 2 rings (SSSR count). The molecule has 0 spiro atoms. The zero-order valence-corrected chi connectivity index (χ0v) is 16.2. The predicted octanol–water partition coefficient (Wildman–Crippen LogP) is 4.34. The van der Waals surface area contributed by atoms with Gasteiger partial charge in [0.25, 0.3) is 0 Å². The second-order valence-corrected chi connectivity index (χ2v) is 6.03. The molecule has 3 N–H and O–H groups in total. The second-order valence-electron chi connectivity index (χ2n) is 6.03. The van der Waals surface area contributed by atoms with E-state index in [4.69, 9.17) is 10.5 Å². The first-order valence-corrected chi connectivity index (χ1v) is 7.71. The smallest absolute Gasteiger partial charge is 0.241 e. The molecule has 25 heavy (non-hydrogen) atoms. The summed E-state index contributed by atoms with van der Waals surface area (Å²) in [5.41, 5.74) is 7.62. The van der Waals surface area contributed by atoms with Crippen molar-refractivity contribution in [3.05, 3.63) is 48.2 Å². The van der Waals surface area contributed by atoms with Gasteiger partial charge >= 0.3 is 0 Å². The van der Waals surface area contributed by atoms with Crippen LogP contribution in [0.15, 0.2) is 42.6 Å². The molecule has 0 aliphatic rings. The van der Waals surface area contributed by atoms with E-state index in [9.17, 15) is 4.79 Å². The van der Waals surface area contributed by atoms with Gasteiger partial charge in [-0.3, -0.25) is 4.79 Å². The first-order chi connectivity index (χ1) is 10.9. The van der Waals surface area contributed by atoms with Crippen LogP contribution in [0.5, 0.6) is 11.6 Å². The number of rotatable bonds is 6. The van der Waals surface area contributed by atoms with E-state index < -0.39 is 6.04 Å². The molecule has 2 aromatic rings. The third-order valence-electron chi connectivity index (χ3n) is 3.31. The van der Waals surface area contributed by atoms with Gasteiger partial charge in [-0.25, -0.2) is 4.98 Å². The van der Waals surface area contributed by atoms with Gasteiger partial charge in [0.2, 0.25) is 11.8 Å². The first-order valence-electron chi connectivity index (χ1n) is 7.71. The monoisotopic (exact) mass is 385 g/mol. The third kappa shape index (κ3) is 7.73. The van der Waals surface area contributed by atoms with Crippen LogP contribution in [0, 0.1) is 12.8 Å². The lowest BCUT2D eigenvalue weighted by molar-refractivity contribution is -0.117. The highest BCUT2D eigenvalue weighted by Gasteiger charge is 2.15. The zero-order valence-electron chi connectivity index (χ0n) is 14.6. The van der Waals surface area contributed by atoms with Crippen LogP contribution in [-0.4, -0.2) is 16.9 Å². The van der Waals surface area contributed by atoms with Gasteiger partial charge < -0.3 is 15.8 Å². The van der Waals surface area contributed by atoms with Crippen LogP contribution in [0.1, 0.15) is 25.8 Å². The zero-order chi connectivity index (χ0) is 16.8. The molecule has 1 atom stereocenters. The van der Waals surface area contributed by atoms with E-state index in [0.717, 1.165) is 5.75 Å². The fourth-order valence-corrected chi connectivity index (χ4v) is 2.09. The Bertz CT molecular complexity index is 646. The average molecular weight is 386 g/mol. The van der Waals surface area contributed by atoms with E-state index in [1.807, 2.05) is 45.0 Å². The first kappa shape index (κ1) is 23.2. The van der Waals surface area contributed by atoms with Gasteiger partial charge in [0.1, 0.15) is 5.75 Å². The van der Waals surface area contributed by atoms with Crippen LogP contribution in [-0.2, 0) is 4.79 Å². The van der Waals surface area contributed by atoms with Crippen LogP contribution >= 0.6 is 24.8 Å². The van der Waals surface area contributed by atoms with Crippen LogP contribution in [0.25, 0.3) is 0 Å². The Labute approximate surface area is 161 Å². The number of benzene rings is 1. The van der Waals surface area contributed by atoms with Crippen molar-refractivity contribution in [1.29, 1.82) is 0 Å². The summed E-state index contributed by atoms with van der Waals surface area (Å²) < 4.78 is 5.64. The number of hydrogen-bond acceptors (Lipinski definition) is 4. The highest BCUT2D eigenvalue weighted by Crippen LogP contribution is 2.20. The third-order valence-corrected chi connectivity index (χ3v) is 3.31. The maximum absolute atomic E-state index is 12.0. The molecule has 0 aliphatic heterocycles. The van der Waals surface area contributed by atoms with E-state index in [0.29, 0.717) is 23.9 Å². The lowest BCUT2D eigenvalue weighted by atomic mass is 10.0. The Balaban J connectivity index is 0.00000288. The molecule has 1 amide bonds. The number of carbonyl (C=O) groups is 1. The Morgan fingerprint density at radius 3 is 2.32 bits per heavy atom. The van der Waals surface area contributed by atoms with Gasteiger partial charge in [-0.05, 0) is 37.5 Å². The van der Waals surface area contributed by atoms with Gasteiger partial charge in [0.15, 0.2) is 0 Å². The van der Waals surface area contributed by atoms with E-state index >= 15 is 0 Å². The number of anilines is 1. The molecule has 0 unspecified atom stereocenters. The van der Waals surface area contributed by atoms with Crippen molar-refractivity contribution >= 4 is 36.4 Å². The van der Waals surface area contributed by atoms with Crippen molar-refractivity contribution in [2.45, 2.75) is 33.2 Å². The number of pyridine rings is 1. The number of carbonyl (C=O) groups excluding carboxylic acids is 1. The number of halogens is 2. The topological polar surface area (TPSA) is 77.2 Å². The molecule has 0 saturated heterocycles. The summed E-state index contributed by atoms with van der Waals surface area (Å²) in [6, 6.07) is 10.7. The molecule has 0 radical (unpaired) electrons. The van der Waals surface area contributed by atoms with Gasteiger partial charge in [-0.2, -0.15) is 0 Å². The van der Waals surface area contributed by atoms with Crippen molar-refractivity contribution in [2.75, 3.05) is 5.32 Å². The fourth-order valence-electron chi connectivity index (χ4n) is 2.09. The van der Waals surface area contributed by atoms with Gasteiger partial charge in [0, 0.05) is 6.07 Å². The van der Waals surface area contributed by atoms with Crippen molar-refractivity contribution < 1.29 is 9.53 Å². The molecular formula is C18H25Cl2N3O2. The molecule has 7 heteroatoms. The van der Waals surface area contributed by atoms with Gasteiger partial charge in [-0.15, -0.1) is 24.8 Å². The Hall–Kier alpha value is -1.82. The average Bonchev–Trinajstić information content (AvgIpc) is 2.51. The summed E-state index contributed by atoms with van der Waals surface area (Å²) in [7, 11) is 0. The lowest BCUT2D eigenvalue weighted by Gasteiger charge is -2.14. The number of aryl methyl sites for hydroxylation is 1. The number of nitrogens with one attached hydrogen (secondary N) is 1. The highest BCUT2D eigenvalue weighted by atomic mass is 35.5. The Morgan fingerprint density at radius 2 is 1.80 bits per heavy atom. The number of amides is 1. The van der Waals surface area contributed by atoms with Gasteiger partial charge in [0.05, 0.1) is 17.9 Å². The fraction of sp³-hybridized carbons (Fsp3) is 0.333. The molecule has 0 saturated carbocycles. The number of nitrogens with zero attached hydrogens (tertiary/aromatic N) is 1. The molecule has 1 heterocycles. The summed E-state index contributed by atoms with van der Waals surface area (Å²) in [6.45, 7) is 6.08. The highest BCUT2D eigenvalue weighted by molar-refractivity contribution is 5.94. The number of hydrogen-bond donors (Lipinski definition) is 2. The maximum atomic E-state index is 12.0. The van der Waals surface area contributed by atoms with Crippen molar-refractivity contribution in [1.82, 2.24) is 4.98 Å². The van der Waals surface area contributed by atoms with Crippen LogP contribution < -0.4 is 15.8 Å². The standard InChI is InChI=1S/C18H23N3O2.2ClH/c1-12(2)10-16(19)18(22)21-14-6-9-17(20-11-14)23-15-7-4-13(3)5-8-15;;/h4-9,11-12,16H,10,19H2,1-3H3,(H,21,22);2*1H/t16-;;/m0../s1. The normalized spacial score (nSPS) is 11.1. The SMILES string of the molecule is Cc1ccc(Oc2ccc(NC(=O)[C@@H](N)CC(C)C)cn2)cc1.Cl.Cl. The quantitative estimate of drug-likeness (QED) is 0.774. The minimum absolute atomic E-state index is 0. The molecule has 138 valence electrons. The minimum Gasteiger partial charge on any atom is -0.439 e. The Kier molecular flexibility index (Phi) is 10.1. The van der Waals surface area contributed by atoms with E-state index in [1.165, 1.54) is 5.56 Å². The van der Waals surface area contributed by atoms with E-state index in [2.05, 4.69) is 10.3 Å². The summed E-state index contributed by atoms with van der Waals surface area (Å²) in [5, 5.41) is 2.76. The lowest BCUT2D eigenvalue weighted by Crippen LogP contribution is -2.36. The van der Waals surface area contributed by atoms with Crippen LogP contribution in [0.3, 0.4) is 0 Å². The van der Waals surface area contributed by atoms with Crippen molar-refractivity contribution in [3.63, 3.8) is 0 Å². The predicted molar refractivity (Wildman–Crippen MR) is 106 cm³/mol.